The van der Waals surface area contributed by atoms with E-state index in [0.717, 1.165) is 18.6 Å². The van der Waals surface area contributed by atoms with Crippen LogP contribution in [0.3, 0.4) is 0 Å². The van der Waals surface area contributed by atoms with E-state index in [2.05, 4.69) is 15.0 Å². The van der Waals surface area contributed by atoms with Gasteiger partial charge in [0.05, 0.1) is 11.8 Å². The van der Waals surface area contributed by atoms with Crippen molar-refractivity contribution in [3.05, 3.63) is 33.9 Å². The van der Waals surface area contributed by atoms with Gasteiger partial charge in [-0.3, -0.25) is 9.78 Å². The number of aliphatic imine (C=N–C) groups is 1. The Morgan fingerprint density at radius 2 is 2.41 bits per heavy atom. The van der Waals surface area contributed by atoms with Crippen molar-refractivity contribution in [3.63, 3.8) is 0 Å². The number of aromatic nitrogens is 2. The molecule has 0 aromatic carbocycles. The van der Waals surface area contributed by atoms with Crippen molar-refractivity contribution >= 4 is 18.1 Å². The van der Waals surface area contributed by atoms with Gasteiger partial charge in [-0.25, -0.2) is 14.8 Å². The van der Waals surface area contributed by atoms with Crippen molar-refractivity contribution in [1.29, 1.82) is 5.26 Å². The molecule has 0 spiro atoms. The van der Waals surface area contributed by atoms with Crippen molar-refractivity contribution in [2.75, 3.05) is 0 Å². The van der Waals surface area contributed by atoms with Gasteiger partial charge in [0.1, 0.15) is 11.6 Å². The minimum atomic E-state index is -1.26. The maximum atomic E-state index is 11.2. The number of nitrogens with one attached hydrogen (secondary N) is 1. The second-order valence-electron chi connectivity index (χ2n) is 2.75. The minimum absolute atomic E-state index is 0.116. The molecule has 8 heteroatoms. The molecule has 0 saturated carbocycles. The molecule has 1 aromatic rings. The summed E-state index contributed by atoms with van der Waals surface area (Å²) in [5, 5.41) is 17.1. The lowest BCUT2D eigenvalue weighted by Gasteiger charge is -1.93. The van der Waals surface area contributed by atoms with E-state index in [1.54, 1.807) is 6.07 Å². The van der Waals surface area contributed by atoms with Crippen LogP contribution in [0.5, 0.6) is 0 Å². The Morgan fingerprint density at radius 3 is 2.88 bits per heavy atom. The van der Waals surface area contributed by atoms with Crippen LogP contribution in [-0.2, 0) is 4.79 Å². The number of carboxylic acids is 1. The standard InChI is InChI=1S/C9H7N5O3/c10-1-5-3-12-9(14-7(5)15)13-4-6(2-11)8(16)17/h2-4H,11H2,(H,16,17)(H,12,14,15)/b6-2+,13-4+. The molecule has 1 heterocycles. The lowest BCUT2D eigenvalue weighted by atomic mass is 10.3. The number of nitriles is 1. The molecule has 0 aliphatic rings. The van der Waals surface area contributed by atoms with Gasteiger partial charge >= 0.3 is 5.97 Å². The summed E-state index contributed by atoms with van der Waals surface area (Å²) in [6.07, 6.45) is 2.83. The van der Waals surface area contributed by atoms with Crippen LogP contribution < -0.4 is 11.3 Å². The van der Waals surface area contributed by atoms with Crippen molar-refractivity contribution < 1.29 is 9.90 Å². The number of hydrogen-bond donors (Lipinski definition) is 3. The molecule has 0 bridgehead atoms. The molecule has 1 rings (SSSR count). The van der Waals surface area contributed by atoms with Crippen LogP contribution in [0.25, 0.3) is 0 Å². The van der Waals surface area contributed by atoms with Crippen LogP contribution in [0.1, 0.15) is 5.56 Å². The molecule has 0 amide bonds. The summed E-state index contributed by atoms with van der Waals surface area (Å²) in [4.78, 5) is 31.2. The first-order valence-corrected chi connectivity index (χ1v) is 4.27. The van der Waals surface area contributed by atoms with Gasteiger partial charge in [-0.15, -0.1) is 0 Å². The van der Waals surface area contributed by atoms with Crippen molar-refractivity contribution in [3.8, 4) is 6.07 Å². The molecule has 0 unspecified atom stereocenters. The molecule has 8 nitrogen and oxygen atoms in total. The summed E-state index contributed by atoms with van der Waals surface area (Å²) in [7, 11) is 0. The Balaban J connectivity index is 3.02. The van der Waals surface area contributed by atoms with Crippen molar-refractivity contribution in [2.45, 2.75) is 0 Å². The van der Waals surface area contributed by atoms with E-state index in [0.29, 0.717) is 0 Å². The van der Waals surface area contributed by atoms with Crippen LogP contribution in [0, 0.1) is 11.3 Å². The summed E-state index contributed by atoms with van der Waals surface area (Å²) in [6, 6.07) is 1.63. The van der Waals surface area contributed by atoms with Crippen molar-refractivity contribution in [1.82, 2.24) is 9.97 Å². The molecule has 0 aliphatic heterocycles. The van der Waals surface area contributed by atoms with E-state index in [9.17, 15) is 9.59 Å². The molecule has 0 saturated heterocycles. The molecule has 17 heavy (non-hydrogen) atoms. The Bertz CT molecular complexity index is 593. The van der Waals surface area contributed by atoms with E-state index in [4.69, 9.17) is 16.1 Å². The maximum Gasteiger partial charge on any atom is 0.338 e. The molecule has 0 radical (unpaired) electrons. The third kappa shape index (κ3) is 3.00. The number of nitrogens with zero attached hydrogens (tertiary/aromatic N) is 3. The average Bonchev–Trinajstić information content (AvgIpc) is 2.29. The van der Waals surface area contributed by atoms with E-state index >= 15 is 0 Å². The van der Waals surface area contributed by atoms with Crippen LogP contribution in [0.4, 0.5) is 5.95 Å². The zero-order valence-electron chi connectivity index (χ0n) is 8.41. The fraction of sp³-hybridized carbons (Fsp3) is 0. The first-order chi connectivity index (χ1) is 8.08. The van der Waals surface area contributed by atoms with E-state index < -0.39 is 11.5 Å². The molecule has 0 aliphatic carbocycles. The fourth-order valence-corrected chi connectivity index (χ4v) is 0.831. The van der Waals surface area contributed by atoms with Crippen LogP contribution in [-0.4, -0.2) is 27.3 Å². The summed E-state index contributed by atoms with van der Waals surface area (Å²) >= 11 is 0. The van der Waals surface area contributed by atoms with Crippen LogP contribution >= 0.6 is 0 Å². The van der Waals surface area contributed by atoms with E-state index in [1.165, 1.54) is 0 Å². The highest BCUT2D eigenvalue weighted by atomic mass is 16.4. The second kappa shape index (κ2) is 5.22. The summed E-state index contributed by atoms with van der Waals surface area (Å²) < 4.78 is 0. The van der Waals surface area contributed by atoms with Gasteiger partial charge < -0.3 is 10.8 Å². The summed E-state index contributed by atoms with van der Waals surface area (Å²) in [5.41, 5.74) is 3.99. The molecular formula is C9H7N5O3. The number of aliphatic carboxylic acids is 1. The predicted octanol–water partition coefficient (Wildman–Crippen LogP) is -0.729. The first-order valence-electron chi connectivity index (χ1n) is 4.27. The highest BCUT2D eigenvalue weighted by Gasteiger charge is 2.03. The van der Waals surface area contributed by atoms with E-state index in [-0.39, 0.29) is 17.1 Å². The smallest absolute Gasteiger partial charge is 0.338 e. The summed E-state index contributed by atoms with van der Waals surface area (Å²) in [6.45, 7) is 0. The molecule has 1 aromatic heterocycles. The average molecular weight is 233 g/mol. The topological polar surface area (TPSA) is 145 Å². The van der Waals surface area contributed by atoms with Gasteiger partial charge in [0.2, 0.25) is 5.95 Å². The maximum absolute atomic E-state index is 11.2. The lowest BCUT2D eigenvalue weighted by molar-refractivity contribution is -0.132. The third-order valence-corrected chi connectivity index (χ3v) is 1.66. The highest BCUT2D eigenvalue weighted by Crippen LogP contribution is 2.00. The molecular weight excluding hydrogens is 226 g/mol. The fourth-order valence-electron chi connectivity index (χ4n) is 0.831. The minimum Gasteiger partial charge on any atom is -0.478 e. The normalized spacial score (nSPS) is 11.4. The Hall–Kier alpha value is -2.95. The third-order valence-electron chi connectivity index (χ3n) is 1.66. The van der Waals surface area contributed by atoms with Gasteiger partial charge in [0.15, 0.2) is 0 Å². The number of nitrogens with two attached hydrogens (primary N) is 1. The number of aromatic amines is 1. The van der Waals surface area contributed by atoms with Crippen LogP contribution in [0.2, 0.25) is 0 Å². The SMILES string of the molecule is N#Cc1cnc(/N=C/C(=C\N)C(=O)O)[nH]c1=O. The first kappa shape index (κ1) is 12.1. The number of rotatable bonds is 3. The predicted molar refractivity (Wildman–Crippen MR) is 57.6 cm³/mol. The Kier molecular flexibility index (Phi) is 3.72. The molecule has 86 valence electrons. The summed E-state index contributed by atoms with van der Waals surface area (Å²) in [5.74, 6) is -1.37. The number of carboxylic acid groups (broad SMARTS) is 1. The monoisotopic (exact) mass is 233 g/mol. The van der Waals surface area contributed by atoms with Gasteiger partial charge in [-0.05, 0) is 0 Å². The molecule has 0 fully saturated rings. The van der Waals surface area contributed by atoms with Gasteiger partial charge in [-0.1, -0.05) is 0 Å². The Labute approximate surface area is 94.8 Å². The lowest BCUT2D eigenvalue weighted by Crippen LogP contribution is -2.10. The number of H-pyrrole nitrogens is 1. The van der Waals surface area contributed by atoms with Crippen LogP contribution in [0.15, 0.2) is 27.8 Å². The molecule has 4 N–H and O–H groups in total. The quantitative estimate of drug-likeness (QED) is 0.463. The second-order valence-corrected chi connectivity index (χ2v) is 2.75. The largest absolute Gasteiger partial charge is 0.478 e. The van der Waals surface area contributed by atoms with Gasteiger partial charge in [0, 0.05) is 12.4 Å². The number of carbonyl (C=O) groups is 1. The Morgan fingerprint density at radius 1 is 1.71 bits per heavy atom. The van der Waals surface area contributed by atoms with E-state index in [1.807, 2.05) is 0 Å². The van der Waals surface area contributed by atoms with Gasteiger partial charge in [-0.2, -0.15) is 5.26 Å². The number of hydrogen-bond acceptors (Lipinski definition) is 6. The highest BCUT2D eigenvalue weighted by molar-refractivity contribution is 6.08. The zero-order chi connectivity index (χ0) is 12.8. The van der Waals surface area contributed by atoms with Gasteiger partial charge in [0.25, 0.3) is 5.56 Å². The van der Waals surface area contributed by atoms with Crippen molar-refractivity contribution in [2.24, 2.45) is 10.7 Å². The zero-order valence-corrected chi connectivity index (χ0v) is 8.41. The molecule has 0 atom stereocenters.